The predicted molar refractivity (Wildman–Crippen MR) is 74.0 cm³/mol. The molecule has 3 N–H and O–H groups in total. The van der Waals surface area contributed by atoms with E-state index in [9.17, 15) is 9.18 Å². The second kappa shape index (κ2) is 6.24. The van der Waals surface area contributed by atoms with Gasteiger partial charge in [0.05, 0.1) is 12.2 Å². The van der Waals surface area contributed by atoms with Crippen molar-refractivity contribution < 1.29 is 13.6 Å². The number of benzene rings is 1. The minimum Gasteiger partial charge on any atom is -0.440 e. The molecule has 20 heavy (non-hydrogen) atoms. The van der Waals surface area contributed by atoms with Crippen LogP contribution < -0.4 is 11.1 Å². The number of hydrogen-bond donors (Lipinski definition) is 2. The first-order chi connectivity index (χ1) is 9.60. The molecule has 0 spiro atoms. The third-order valence-corrected chi connectivity index (χ3v) is 2.55. The number of halogens is 2. The number of carbonyl (C=O) groups is 1. The van der Waals surface area contributed by atoms with E-state index in [1.807, 2.05) is 0 Å². The van der Waals surface area contributed by atoms with Crippen LogP contribution in [0.15, 0.2) is 34.7 Å². The van der Waals surface area contributed by atoms with E-state index in [2.05, 4.69) is 17.2 Å². The van der Waals surface area contributed by atoms with Gasteiger partial charge in [-0.05, 0) is 41.9 Å². The molecule has 2 aromatic rings. The third kappa shape index (κ3) is 3.38. The molecule has 1 aromatic heterocycles. The molecule has 0 radical (unpaired) electrons. The summed E-state index contributed by atoms with van der Waals surface area (Å²) in [6.07, 6.45) is 0. The number of hydrogen-bond acceptors (Lipinski definition) is 3. The lowest BCUT2D eigenvalue weighted by Gasteiger charge is -2.04. The van der Waals surface area contributed by atoms with Crippen LogP contribution in [-0.4, -0.2) is 12.5 Å². The van der Waals surface area contributed by atoms with Crippen molar-refractivity contribution in [2.75, 3.05) is 11.9 Å². The number of amides is 1. The molecule has 0 fully saturated rings. The monoisotopic (exact) mass is 292 g/mol. The summed E-state index contributed by atoms with van der Waals surface area (Å²) in [7, 11) is 0. The number of nitrogens with two attached hydrogens (primary N) is 1. The van der Waals surface area contributed by atoms with E-state index in [4.69, 9.17) is 21.8 Å². The Morgan fingerprint density at radius 1 is 1.40 bits per heavy atom. The van der Waals surface area contributed by atoms with E-state index < -0.39 is 11.7 Å². The van der Waals surface area contributed by atoms with Crippen LogP contribution in [0.3, 0.4) is 0 Å². The molecular weight excluding hydrogens is 283 g/mol. The smallest absolute Gasteiger partial charge is 0.291 e. The highest BCUT2D eigenvalue weighted by Gasteiger charge is 2.13. The Balaban J connectivity index is 2.16. The van der Waals surface area contributed by atoms with E-state index in [-0.39, 0.29) is 23.2 Å². The highest BCUT2D eigenvalue weighted by atomic mass is 35.5. The lowest BCUT2D eigenvalue weighted by atomic mass is 10.2. The lowest BCUT2D eigenvalue weighted by molar-refractivity contribution is 0.0996. The number of anilines is 1. The zero-order chi connectivity index (χ0) is 14.5. The van der Waals surface area contributed by atoms with Crippen LogP contribution in [0, 0.1) is 17.7 Å². The van der Waals surface area contributed by atoms with Gasteiger partial charge in [0.15, 0.2) is 11.0 Å². The molecule has 102 valence electrons. The van der Waals surface area contributed by atoms with Crippen molar-refractivity contribution in [1.82, 2.24) is 0 Å². The van der Waals surface area contributed by atoms with Crippen LogP contribution in [-0.2, 0) is 0 Å². The summed E-state index contributed by atoms with van der Waals surface area (Å²) in [4.78, 5) is 11.8. The first-order valence-electron chi connectivity index (χ1n) is 5.65. The van der Waals surface area contributed by atoms with Gasteiger partial charge in [0.25, 0.3) is 5.91 Å². The molecule has 0 aliphatic rings. The number of furan rings is 1. The maximum Gasteiger partial charge on any atom is 0.291 e. The fourth-order valence-corrected chi connectivity index (χ4v) is 1.61. The van der Waals surface area contributed by atoms with Gasteiger partial charge >= 0.3 is 0 Å². The predicted octanol–water partition coefficient (Wildman–Crippen LogP) is 2.63. The van der Waals surface area contributed by atoms with Crippen LogP contribution in [0.25, 0.3) is 0 Å². The van der Waals surface area contributed by atoms with Gasteiger partial charge in [-0.15, -0.1) is 0 Å². The Kier molecular flexibility index (Phi) is 4.41. The molecule has 2 rings (SSSR count). The number of rotatable bonds is 2. The Hall–Kier alpha value is -2.29. The quantitative estimate of drug-likeness (QED) is 0.836. The highest BCUT2D eigenvalue weighted by Crippen LogP contribution is 2.18. The second-order valence-corrected chi connectivity index (χ2v) is 4.13. The minimum atomic E-state index is -0.597. The molecule has 6 heteroatoms. The van der Waals surface area contributed by atoms with E-state index in [1.165, 1.54) is 24.3 Å². The van der Waals surface area contributed by atoms with Crippen LogP contribution >= 0.6 is 11.6 Å². The van der Waals surface area contributed by atoms with Crippen molar-refractivity contribution >= 4 is 23.2 Å². The van der Waals surface area contributed by atoms with Crippen molar-refractivity contribution in [3.63, 3.8) is 0 Å². The average molecular weight is 293 g/mol. The van der Waals surface area contributed by atoms with E-state index in [0.29, 0.717) is 5.56 Å². The van der Waals surface area contributed by atoms with Gasteiger partial charge < -0.3 is 15.5 Å². The summed E-state index contributed by atoms with van der Waals surface area (Å²) in [5.41, 5.74) is 5.74. The zero-order valence-corrected chi connectivity index (χ0v) is 11.0. The topological polar surface area (TPSA) is 68.3 Å². The van der Waals surface area contributed by atoms with Crippen molar-refractivity contribution in [3.05, 3.63) is 52.7 Å². The van der Waals surface area contributed by atoms with Crippen LogP contribution in [0.2, 0.25) is 5.22 Å². The van der Waals surface area contributed by atoms with Crippen molar-refractivity contribution in [2.45, 2.75) is 0 Å². The van der Waals surface area contributed by atoms with Gasteiger partial charge in [0.1, 0.15) is 5.82 Å². The van der Waals surface area contributed by atoms with Crippen LogP contribution in [0.5, 0.6) is 0 Å². The second-order valence-electron chi connectivity index (χ2n) is 3.76. The summed E-state index contributed by atoms with van der Waals surface area (Å²) in [5, 5.41) is 2.47. The fourth-order valence-electron chi connectivity index (χ4n) is 1.47. The minimum absolute atomic E-state index is 0.00130. The Morgan fingerprint density at radius 3 is 2.80 bits per heavy atom. The van der Waals surface area contributed by atoms with Gasteiger partial charge in [-0.1, -0.05) is 11.8 Å². The summed E-state index contributed by atoms with van der Waals surface area (Å²) in [6, 6.07) is 7.04. The number of nitrogens with one attached hydrogen (secondary N) is 1. The first kappa shape index (κ1) is 14.1. The molecule has 0 saturated carbocycles. The summed E-state index contributed by atoms with van der Waals surface area (Å²) in [6.45, 7) is 0.194. The normalized spacial score (nSPS) is 9.75. The average Bonchev–Trinajstić information content (AvgIpc) is 2.86. The highest BCUT2D eigenvalue weighted by molar-refractivity contribution is 6.29. The van der Waals surface area contributed by atoms with Crippen molar-refractivity contribution in [1.29, 1.82) is 0 Å². The standard InChI is InChI=1S/C14H10ClFN2O2/c15-13-6-5-12(20-13)14(19)18-11-4-3-9(2-1-7-17)8-10(11)16/h3-6,8H,7,17H2,(H,18,19). The lowest BCUT2D eigenvalue weighted by Crippen LogP contribution is -2.12. The molecule has 0 aliphatic carbocycles. The summed E-state index contributed by atoms with van der Waals surface area (Å²) < 4.78 is 18.7. The number of carbonyl (C=O) groups excluding carboxylic acids is 1. The van der Waals surface area contributed by atoms with Gasteiger partial charge in [-0.25, -0.2) is 4.39 Å². The third-order valence-electron chi connectivity index (χ3n) is 2.35. The summed E-state index contributed by atoms with van der Waals surface area (Å²) in [5.74, 6) is 4.13. The molecule has 0 atom stereocenters. The fraction of sp³-hybridized carbons (Fsp3) is 0.0714. The molecule has 0 unspecified atom stereocenters. The van der Waals surface area contributed by atoms with Crippen molar-refractivity contribution in [3.8, 4) is 11.8 Å². The molecule has 1 amide bonds. The molecule has 4 nitrogen and oxygen atoms in total. The van der Waals surface area contributed by atoms with E-state index >= 15 is 0 Å². The molecule has 1 heterocycles. The SMILES string of the molecule is NCC#Cc1ccc(NC(=O)c2ccc(Cl)o2)c(F)c1. The van der Waals surface area contributed by atoms with Gasteiger partial charge in [-0.2, -0.15) is 0 Å². The Morgan fingerprint density at radius 2 is 2.20 bits per heavy atom. The molecule has 0 saturated heterocycles. The summed E-state index contributed by atoms with van der Waals surface area (Å²) >= 11 is 5.56. The molecule has 0 aliphatic heterocycles. The van der Waals surface area contributed by atoms with Crippen LogP contribution in [0.1, 0.15) is 16.1 Å². The van der Waals surface area contributed by atoms with Gasteiger partial charge in [0.2, 0.25) is 0 Å². The largest absolute Gasteiger partial charge is 0.440 e. The van der Waals surface area contributed by atoms with Crippen molar-refractivity contribution in [2.24, 2.45) is 5.73 Å². The molecule has 1 aromatic carbocycles. The van der Waals surface area contributed by atoms with Gasteiger partial charge in [0, 0.05) is 5.56 Å². The van der Waals surface area contributed by atoms with E-state index in [0.717, 1.165) is 0 Å². The Labute approximate surface area is 119 Å². The maximum atomic E-state index is 13.8. The zero-order valence-electron chi connectivity index (χ0n) is 10.2. The maximum absolute atomic E-state index is 13.8. The molecular formula is C14H10ClFN2O2. The Bertz CT molecular complexity index is 701. The first-order valence-corrected chi connectivity index (χ1v) is 6.03. The van der Waals surface area contributed by atoms with E-state index in [1.54, 1.807) is 6.07 Å². The molecule has 0 bridgehead atoms. The van der Waals surface area contributed by atoms with Gasteiger partial charge in [-0.3, -0.25) is 4.79 Å². The van der Waals surface area contributed by atoms with Crippen LogP contribution in [0.4, 0.5) is 10.1 Å².